The number of benzene rings is 1. The second-order valence-corrected chi connectivity index (χ2v) is 5.36. The van der Waals surface area contributed by atoms with Crippen LogP contribution in [0, 0.1) is 5.82 Å². The summed E-state index contributed by atoms with van der Waals surface area (Å²) >= 11 is 0. The van der Waals surface area contributed by atoms with Gasteiger partial charge in [0.25, 0.3) is 0 Å². The Hall–Kier alpha value is -0.770. The van der Waals surface area contributed by atoms with E-state index in [2.05, 4.69) is 5.32 Å². The van der Waals surface area contributed by atoms with E-state index in [0.29, 0.717) is 25.2 Å². The molecule has 2 nitrogen and oxygen atoms in total. The van der Waals surface area contributed by atoms with E-state index >= 15 is 0 Å². The van der Waals surface area contributed by atoms with Crippen LogP contribution in [-0.2, 0) is 6.18 Å². The van der Waals surface area contributed by atoms with Crippen molar-refractivity contribution in [1.29, 1.82) is 0 Å². The number of hydrogen-bond donors (Lipinski definition) is 1. The number of rotatable bonds is 3. The van der Waals surface area contributed by atoms with E-state index in [9.17, 15) is 30.7 Å². The monoisotopic (exact) mass is 416 g/mol. The number of hydrogen-bond acceptors (Lipinski definition) is 2. The summed E-state index contributed by atoms with van der Waals surface area (Å²) in [6, 6.07) is 0.777. The van der Waals surface area contributed by atoms with Gasteiger partial charge in [0.1, 0.15) is 5.82 Å². The van der Waals surface area contributed by atoms with E-state index in [4.69, 9.17) is 0 Å². The number of piperazine rings is 1. The molecule has 11 heteroatoms. The molecule has 0 aliphatic carbocycles. The van der Waals surface area contributed by atoms with Crippen molar-refractivity contribution in [3.63, 3.8) is 0 Å². The van der Waals surface area contributed by atoms with E-state index in [1.165, 1.54) is 4.90 Å². The maximum Gasteiger partial charge on any atom is 0.419 e. The Bertz CT molecular complexity index is 543. The highest BCUT2D eigenvalue weighted by atomic mass is 35.5. The summed E-state index contributed by atoms with van der Waals surface area (Å²) in [6.07, 6.45) is -10.8. The van der Waals surface area contributed by atoms with Crippen molar-refractivity contribution >= 4 is 24.8 Å². The molecule has 1 heterocycles. The molecule has 1 aliphatic rings. The Morgan fingerprint density at radius 2 is 1.56 bits per heavy atom. The fourth-order valence-electron chi connectivity index (χ4n) is 2.64. The molecule has 1 aromatic carbocycles. The quantitative estimate of drug-likeness (QED) is 0.725. The van der Waals surface area contributed by atoms with Gasteiger partial charge in [0.05, 0.1) is 12.0 Å². The van der Waals surface area contributed by atoms with Crippen molar-refractivity contribution in [3.8, 4) is 0 Å². The molecular formula is C14H17Cl2F7N2. The van der Waals surface area contributed by atoms with Crippen LogP contribution in [0.2, 0.25) is 0 Å². The van der Waals surface area contributed by atoms with Gasteiger partial charge in [-0.3, -0.25) is 4.90 Å². The van der Waals surface area contributed by atoms with Crippen LogP contribution in [0.25, 0.3) is 0 Å². The van der Waals surface area contributed by atoms with Crippen molar-refractivity contribution < 1.29 is 30.7 Å². The van der Waals surface area contributed by atoms with E-state index in [1.807, 2.05) is 0 Å². The minimum absolute atomic E-state index is 0. The van der Waals surface area contributed by atoms with Crippen molar-refractivity contribution in [2.45, 2.75) is 24.8 Å². The van der Waals surface area contributed by atoms with Crippen molar-refractivity contribution in [3.05, 3.63) is 35.1 Å². The summed E-state index contributed by atoms with van der Waals surface area (Å²) in [7, 11) is 0. The Morgan fingerprint density at radius 1 is 1.00 bits per heavy atom. The molecule has 25 heavy (non-hydrogen) atoms. The summed E-state index contributed by atoms with van der Waals surface area (Å²) in [4.78, 5) is 1.47. The van der Waals surface area contributed by atoms with Gasteiger partial charge >= 0.3 is 12.4 Å². The maximum atomic E-state index is 13.3. The number of nitrogens with zero attached hydrogens (tertiary/aromatic N) is 1. The van der Waals surface area contributed by atoms with Gasteiger partial charge in [-0.2, -0.15) is 26.3 Å². The first-order valence-corrected chi connectivity index (χ1v) is 6.96. The normalized spacial score (nSPS) is 17.4. The topological polar surface area (TPSA) is 15.3 Å². The lowest BCUT2D eigenvalue weighted by molar-refractivity contribution is -0.148. The Kier molecular flexibility index (Phi) is 8.96. The summed E-state index contributed by atoms with van der Waals surface area (Å²) in [6.45, 7) is 1.45. The molecule has 0 amide bonds. The third kappa shape index (κ3) is 6.80. The van der Waals surface area contributed by atoms with Gasteiger partial charge in [-0.25, -0.2) is 4.39 Å². The van der Waals surface area contributed by atoms with Crippen LogP contribution in [-0.4, -0.2) is 37.3 Å². The zero-order valence-corrected chi connectivity index (χ0v) is 14.4. The van der Waals surface area contributed by atoms with Gasteiger partial charge in [-0.1, -0.05) is 6.07 Å². The summed E-state index contributed by atoms with van der Waals surface area (Å²) in [5, 5.41) is 2.97. The summed E-state index contributed by atoms with van der Waals surface area (Å²) in [5.41, 5.74) is -1.73. The first-order chi connectivity index (χ1) is 10.6. The van der Waals surface area contributed by atoms with Crippen LogP contribution < -0.4 is 5.32 Å². The molecule has 1 fully saturated rings. The number of halogens is 9. The van der Waals surface area contributed by atoms with Gasteiger partial charge in [0, 0.05) is 32.2 Å². The summed E-state index contributed by atoms with van der Waals surface area (Å²) < 4.78 is 90.2. The molecule has 1 aromatic rings. The standard InChI is InChI=1S/C14H15F7N2.2ClH/c15-11-2-1-9(7-10(11)14(19,20)21)12(8-13(16,17)18)23-5-3-22-4-6-23;;/h1-2,7,12,22H,3-6,8H2;2*1H/t12-;;/m0../s1. The Balaban J connectivity index is 0.00000288. The van der Waals surface area contributed by atoms with Crippen LogP contribution in [0.1, 0.15) is 23.6 Å². The van der Waals surface area contributed by atoms with Crippen LogP contribution in [0.3, 0.4) is 0 Å². The van der Waals surface area contributed by atoms with Crippen molar-refractivity contribution in [2.24, 2.45) is 0 Å². The molecule has 0 aromatic heterocycles. The first kappa shape index (κ1) is 24.2. The highest BCUT2D eigenvalue weighted by molar-refractivity contribution is 5.85. The molecule has 0 bridgehead atoms. The molecule has 1 atom stereocenters. The largest absolute Gasteiger partial charge is 0.419 e. The van der Waals surface area contributed by atoms with E-state index in [-0.39, 0.29) is 43.5 Å². The molecule has 0 radical (unpaired) electrons. The molecule has 1 N–H and O–H groups in total. The highest BCUT2D eigenvalue weighted by Crippen LogP contribution is 2.38. The lowest BCUT2D eigenvalue weighted by Gasteiger charge is -2.36. The minimum atomic E-state index is -4.95. The minimum Gasteiger partial charge on any atom is -0.314 e. The second kappa shape index (κ2) is 9.25. The Labute approximate surface area is 152 Å². The van der Waals surface area contributed by atoms with Crippen LogP contribution in [0.4, 0.5) is 30.7 Å². The van der Waals surface area contributed by atoms with Gasteiger partial charge in [0.15, 0.2) is 0 Å². The number of nitrogens with one attached hydrogen (secondary N) is 1. The Morgan fingerprint density at radius 3 is 2.04 bits per heavy atom. The molecule has 146 valence electrons. The molecule has 2 rings (SSSR count). The van der Waals surface area contributed by atoms with E-state index in [1.54, 1.807) is 0 Å². The average molecular weight is 417 g/mol. The molecule has 1 saturated heterocycles. The summed E-state index contributed by atoms with van der Waals surface area (Å²) in [5.74, 6) is -1.49. The smallest absolute Gasteiger partial charge is 0.314 e. The van der Waals surface area contributed by atoms with Crippen LogP contribution in [0.5, 0.6) is 0 Å². The third-order valence-corrected chi connectivity index (χ3v) is 3.70. The maximum absolute atomic E-state index is 13.3. The van der Waals surface area contributed by atoms with Crippen molar-refractivity contribution in [2.75, 3.05) is 26.2 Å². The highest BCUT2D eigenvalue weighted by Gasteiger charge is 2.38. The fourth-order valence-corrected chi connectivity index (χ4v) is 2.64. The van der Waals surface area contributed by atoms with E-state index in [0.717, 1.165) is 6.07 Å². The number of alkyl halides is 6. The molecule has 0 unspecified atom stereocenters. The van der Waals surface area contributed by atoms with E-state index < -0.39 is 36.2 Å². The molecule has 0 spiro atoms. The first-order valence-electron chi connectivity index (χ1n) is 6.96. The van der Waals surface area contributed by atoms with Crippen LogP contribution >= 0.6 is 24.8 Å². The zero-order chi connectivity index (χ0) is 17.3. The third-order valence-electron chi connectivity index (χ3n) is 3.70. The van der Waals surface area contributed by atoms with Gasteiger partial charge in [0.2, 0.25) is 0 Å². The van der Waals surface area contributed by atoms with Crippen LogP contribution in [0.15, 0.2) is 18.2 Å². The lowest BCUT2D eigenvalue weighted by atomic mass is 9.98. The second-order valence-electron chi connectivity index (χ2n) is 5.36. The van der Waals surface area contributed by atoms with Gasteiger partial charge in [-0.15, -0.1) is 24.8 Å². The predicted molar refractivity (Wildman–Crippen MR) is 83.8 cm³/mol. The average Bonchev–Trinajstić information content (AvgIpc) is 2.44. The molecule has 1 aliphatic heterocycles. The zero-order valence-electron chi connectivity index (χ0n) is 12.8. The molecule has 0 saturated carbocycles. The lowest BCUT2D eigenvalue weighted by Crippen LogP contribution is -2.46. The predicted octanol–water partition coefficient (Wildman–Crippen LogP) is 4.59. The SMILES string of the molecule is Cl.Cl.Fc1ccc([C@H](CC(F)(F)F)N2CCNCC2)cc1C(F)(F)F. The van der Waals surface area contributed by atoms with Gasteiger partial charge < -0.3 is 5.32 Å². The fraction of sp³-hybridized carbons (Fsp3) is 0.571. The van der Waals surface area contributed by atoms with Gasteiger partial charge in [-0.05, 0) is 17.7 Å². The van der Waals surface area contributed by atoms with Crippen molar-refractivity contribution in [1.82, 2.24) is 10.2 Å². The molecular weight excluding hydrogens is 400 g/mol.